The van der Waals surface area contributed by atoms with Crippen LogP contribution < -0.4 is 5.32 Å². The van der Waals surface area contributed by atoms with E-state index in [-0.39, 0.29) is 0 Å². The zero-order chi connectivity index (χ0) is 12.4. The van der Waals surface area contributed by atoms with Gasteiger partial charge >= 0.3 is 0 Å². The number of nitrogens with zero attached hydrogens (tertiary/aromatic N) is 1. The van der Waals surface area contributed by atoms with Crippen molar-refractivity contribution in [3.63, 3.8) is 0 Å². The molecule has 3 rings (SSSR count). The number of piperidine rings is 1. The van der Waals surface area contributed by atoms with Crippen molar-refractivity contribution in [1.29, 1.82) is 0 Å². The van der Waals surface area contributed by atoms with Gasteiger partial charge in [0.05, 0.1) is 5.02 Å². The summed E-state index contributed by atoms with van der Waals surface area (Å²) in [6.07, 6.45) is 5.46. The molecule has 0 amide bonds. The average Bonchev–Trinajstić information content (AvgIpc) is 3.03. The van der Waals surface area contributed by atoms with Crippen molar-refractivity contribution in [1.82, 2.24) is 10.2 Å². The summed E-state index contributed by atoms with van der Waals surface area (Å²) in [5.74, 6) is 0.905. The fraction of sp³-hybridized carbons (Fsp3) is 0.714. The van der Waals surface area contributed by atoms with Crippen LogP contribution in [0.25, 0.3) is 0 Å². The second-order valence-corrected chi connectivity index (χ2v) is 6.92. The second kappa shape index (κ2) is 5.91. The fourth-order valence-corrected chi connectivity index (χ4v) is 4.41. The van der Waals surface area contributed by atoms with Crippen molar-refractivity contribution in [3.05, 3.63) is 21.3 Å². The third-order valence-electron chi connectivity index (χ3n) is 4.36. The Bertz CT molecular complexity index is 379. The molecule has 0 spiro atoms. The van der Waals surface area contributed by atoms with Crippen molar-refractivity contribution in [3.8, 4) is 0 Å². The van der Waals surface area contributed by atoms with Crippen molar-refractivity contribution < 1.29 is 0 Å². The van der Waals surface area contributed by atoms with Gasteiger partial charge in [0.25, 0.3) is 0 Å². The van der Waals surface area contributed by atoms with E-state index in [0.717, 1.165) is 23.5 Å². The van der Waals surface area contributed by atoms with E-state index >= 15 is 0 Å². The van der Waals surface area contributed by atoms with Crippen LogP contribution in [0.1, 0.15) is 30.6 Å². The molecule has 0 aliphatic carbocycles. The fourth-order valence-electron chi connectivity index (χ4n) is 3.27. The van der Waals surface area contributed by atoms with Crippen LogP contribution in [-0.2, 0) is 6.54 Å². The Balaban J connectivity index is 1.49. The summed E-state index contributed by atoms with van der Waals surface area (Å²) in [5, 5.41) is 6.69. The number of halogens is 1. The molecule has 4 heteroatoms. The van der Waals surface area contributed by atoms with E-state index in [1.807, 2.05) is 6.07 Å². The first-order valence-electron chi connectivity index (χ1n) is 7.00. The van der Waals surface area contributed by atoms with Crippen LogP contribution in [0.5, 0.6) is 0 Å². The quantitative estimate of drug-likeness (QED) is 0.916. The van der Waals surface area contributed by atoms with E-state index in [1.54, 1.807) is 11.3 Å². The maximum Gasteiger partial charge on any atom is 0.0558 e. The minimum Gasteiger partial charge on any atom is -0.314 e. The highest BCUT2D eigenvalue weighted by Crippen LogP contribution is 2.28. The SMILES string of the molecule is Clc1ccsc1CN1CCC(C2CCCN2)CC1. The molecule has 0 aromatic carbocycles. The van der Waals surface area contributed by atoms with Gasteiger partial charge in [-0.25, -0.2) is 0 Å². The molecule has 1 N–H and O–H groups in total. The van der Waals surface area contributed by atoms with Crippen LogP contribution >= 0.6 is 22.9 Å². The number of hydrogen-bond acceptors (Lipinski definition) is 3. The highest BCUT2D eigenvalue weighted by Gasteiger charge is 2.28. The lowest BCUT2D eigenvalue weighted by molar-refractivity contribution is 0.158. The molecule has 2 nitrogen and oxygen atoms in total. The van der Waals surface area contributed by atoms with Gasteiger partial charge < -0.3 is 5.32 Å². The molecule has 3 heterocycles. The van der Waals surface area contributed by atoms with Crippen LogP contribution in [0.15, 0.2) is 11.4 Å². The predicted octanol–water partition coefficient (Wildman–Crippen LogP) is 3.37. The Morgan fingerprint density at radius 3 is 2.78 bits per heavy atom. The third kappa shape index (κ3) is 2.90. The van der Waals surface area contributed by atoms with Gasteiger partial charge in [-0.3, -0.25) is 4.90 Å². The summed E-state index contributed by atoms with van der Waals surface area (Å²) < 4.78 is 0. The molecule has 100 valence electrons. The van der Waals surface area contributed by atoms with Gasteiger partial charge in [-0.1, -0.05) is 11.6 Å². The number of hydrogen-bond donors (Lipinski definition) is 1. The highest BCUT2D eigenvalue weighted by molar-refractivity contribution is 7.10. The average molecular weight is 285 g/mol. The molecule has 0 saturated carbocycles. The van der Waals surface area contributed by atoms with Gasteiger partial charge in [-0.05, 0) is 62.7 Å². The number of thiophene rings is 1. The van der Waals surface area contributed by atoms with Crippen molar-refractivity contribution >= 4 is 22.9 Å². The molecule has 18 heavy (non-hydrogen) atoms. The summed E-state index contributed by atoms with van der Waals surface area (Å²) in [7, 11) is 0. The molecule has 2 fully saturated rings. The topological polar surface area (TPSA) is 15.3 Å². The Kier molecular flexibility index (Phi) is 4.24. The molecule has 1 atom stereocenters. The van der Waals surface area contributed by atoms with E-state index in [0.29, 0.717) is 0 Å². The lowest BCUT2D eigenvalue weighted by atomic mass is 9.88. The maximum absolute atomic E-state index is 6.17. The zero-order valence-electron chi connectivity index (χ0n) is 10.7. The van der Waals surface area contributed by atoms with Gasteiger partial charge in [-0.2, -0.15) is 0 Å². The summed E-state index contributed by atoms with van der Waals surface area (Å²) >= 11 is 7.95. The van der Waals surface area contributed by atoms with Gasteiger partial charge in [-0.15, -0.1) is 11.3 Å². The van der Waals surface area contributed by atoms with E-state index in [1.165, 1.54) is 50.2 Å². The molecule has 2 saturated heterocycles. The molecule has 0 bridgehead atoms. The largest absolute Gasteiger partial charge is 0.314 e. The van der Waals surface area contributed by atoms with Crippen molar-refractivity contribution in [2.75, 3.05) is 19.6 Å². The van der Waals surface area contributed by atoms with E-state index in [9.17, 15) is 0 Å². The van der Waals surface area contributed by atoms with E-state index in [4.69, 9.17) is 11.6 Å². The normalized spacial score (nSPS) is 26.8. The number of rotatable bonds is 3. The van der Waals surface area contributed by atoms with Crippen LogP contribution in [0.4, 0.5) is 0 Å². The Labute approximate surface area is 118 Å². The van der Waals surface area contributed by atoms with Crippen LogP contribution in [0.2, 0.25) is 5.02 Å². The monoisotopic (exact) mass is 284 g/mol. The van der Waals surface area contributed by atoms with Crippen LogP contribution in [-0.4, -0.2) is 30.6 Å². The van der Waals surface area contributed by atoms with Crippen molar-refractivity contribution in [2.45, 2.75) is 38.3 Å². The summed E-state index contributed by atoms with van der Waals surface area (Å²) in [6, 6.07) is 2.81. The molecule has 1 aromatic heterocycles. The molecule has 1 aromatic rings. The molecular weight excluding hydrogens is 264 g/mol. The Morgan fingerprint density at radius 2 is 2.17 bits per heavy atom. The minimum absolute atomic E-state index is 0.803. The van der Waals surface area contributed by atoms with Gasteiger partial charge in [0.2, 0.25) is 0 Å². The first-order valence-corrected chi connectivity index (χ1v) is 8.26. The first kappa shape index (κ1) is 12.9. The lowest BCUT2D eigenvalue weighted by Gasteiger charge is -2.34. The summed E-state index contributed by atoms with van der Waals surface area (Å²) in [4.78, 5) is 3.89. The van der Waals surface area contributed by atoms with Crippen molar-refractivity contribution in [2.24, 2.45) is 5.92 Å². The number of likely N-dealkylation sites (tertiary alicyclic amines) is 1. The summed E-state index contributed by atoms with van der Waals surface area (Å²) in [5.41, 5.74) is 0. The standard InChI is InChI=1S/C14H21ClN2S/c15-12-5-9-18-14(12)10-17-7-3-11(4-8-17)13-2-1-6-16-13/h5,9,11,13,16H,1-4,6-8,10H2. The summed E-state index contributed by atoms with van der Waals surface area (Å²) in [6.45, 7) is 4.74. The zero-order valence-corrected chi connectivity index (χ0v) is 12.3. The minimum atomic E-state index is 0.803. The highest BCUT2D eigenvalue weighted by atomic mass is 35.5. The molecule has 2 aliphatic heterocycles. The van der Waals surface area contributed by atoms with Crippen LogP contribution in [0, 0.1) is 5.92 Å². The Morgan fingerprint density at radius 1 is 1.33 bits per heavy atom. The number of nitrogens with one attached hydrogen (secondary N) is 1. The Hall–Kier alpha value is -0.0900. The van der Waals surface area contributed by atoms with E-state index < -0.39 is 0 Å². The lowest BCUT2D eigenvalue weighted by Crippen LogP contribution is -2.40. The molecule has 1 unspecified atom stereocenters. The van der Waals surface area contributed by atoms with Gasteiger partial charge in [0.15, 0.2) is 0 Å². The smallest absolute Gasteiger partial charge is 0.0558 e. The predicted molar refractivity (Wildman–Crippen MR) is 78.4 cm³/mol. The maximum atomic E-state index is 6.17. The molecule has 2 aliphatic rings. The molecule has 0 radical (unpaired) electrons. The first-order chi connectivity index (χ1) is 8.83. The van der Waals surface area contributed by atoms with Gasteiger partial charge in [0, 0.05) is 17.5 Å². The van der Waals surface area contributed by atoms with Gasteiger partial charge in [0.1, 0.15) is 0 Å². The second-order valence-electron chi connectivity index (χ2n) is 5.51. The molecular formula is C14H21ClN2S. The van der Waals surface area contributed by atoms with E-state index in [2.05, 4.69) is 15.6 Å². The third-order valence-corrected chi connectivity index (χ3v) is 5.73. The van der Waals surface area contributed by atoms with Crippen LogP contribution in [0.3, 0.4) is 0 Å².